The van der Waals surface area contributed by atoms with Gasteiger partial charge in [0.25, 0.3) is 11.8 Å². The molecule has 0 saturated carbocycles. The number of hydrazine groups is 1. The molecule has 8 heteroatoms. The van der Waals surface area contributed by atoms with Crippen LogP contribution in [0.2, 0.25) is 0 Å². The van der Waals surface area contributed by atoms with Gasteiger partial charge >= 0.3 is 0 Å². The maximum absolute atomic E-state index is 13.0. The van der Waals surface area contributed by atoms with Gasteiger partial charge < -0.3 is 9.47 Å². The van der Waals surface area contributed by atoms with Gasteiger partial charge in [-0.05, 0) is 105 Å². The van der Waals surface area contributed by atoms with Gasteiger partial charge in [-0.2, -0.15) is 5.01 Å². The van der Waals surface area contributed by atoms with Crippen LogP contribution in [0.1, 0.15) is 50.7 Å². The summed E-state index contributed by atoms with van der Waals surface area (Å²) in [4.78, 5) is 26.1. The van der Waals surface area contributed by atoms with Gasteiger partial charge in [-0.15, -0.1) is 0 Å². The number of nitrogens with zero attached hydrogens (tertiary/aromatic N) is 1. The van der Waals surface area contributed by atoms with E-state index < -0.39 is 5.91 Å². The zero-order chi connectivity index (χ0) is 27.4. The third kappa shape index (κ3) is 6.26. The molecule has 0 radical (unpaired) electrons. The number of ether oxygens (including phenoxy) is 2. The summed E-state index contributed by atoms with van der Waals surface area (Å²) in [6.45, 7) is 11.0. The van der Waals surface area contributed by atoms with E-state index in [4.69, 9.17) is 21.7 Å². The molecule has 3 aromatic rings. The van der Waals surface area contributed by atoms with E-state index in [1.54, 1.807) is 18.2 Å². The molecule has 196 valence electrons. The Bertz CT molecular complexity index is 1430. The average Bonchev–Trinajstić information content (AvgIpc) is 3.14. The summed E-state index contributed by atoms with van der Waals surface area (Å²) >= 11 is 6.50. The van der Waals surface area contributed by atoms with Gasteiger partial charge in [-0.1, -0.05) is 47.7 Å². The van der Waals surface area contributed by atoms with Crippen LogP contribution in [0.3, 0.4) is 0 Å². The van der Waals surface area contributed by atoms with Crippen molar-refractivity contribution in [1.82, 2.24) is 10.4 Å². The lowest BCUT2D eigenvalue weighted by atomic mass is 10.0. The lowest BCUT2D eigenvalue weighted by Crippen LogP contribution is -2.44. The summed E-state index contributed by atoms with van der Waals surface area (Å²) < 4.78 is 12.2. The number of thiocarbonyl (C=S) groups is 1. The Kier molecular flexibility index (Phi) is 8.54. The van der Waals surface area contributed by atoms with Crippen LogP contribution < -0.4 is 14.9 Å². The van der Waals surface area contributed by atoms with Crippen molar-refractivity contribution < 1.29 is 19.1 Å². The van der Waals surface area contributed by atoms with Crippen molar-refractivity contribution >= 4 is 46.2 Å². The van der Waals surface area contributed by atoms with Crippen LogP contribution in [0.15, 0.2) is 59.5 Å². The molecular formula is C30H30N2O4S2. The Morgan fingerprint density at radius 2 is 1.66 bits per heavy atom. The van der Waals surface area contributed by atoms with Crippen LogP contribution in [-0.4, -0.2) is 27.8 Å². The van der Waals surface area contributed by atoms with Crippen LogP contribution in [-0.2, 0) is 11.4 Å². The summed E-state index contributed by atoms with van der Waals surface area (Å²) in [5.41, 5.74) is 9.64. The SMILES string of the molecule is CCOc1cc(/C=C2/SC(=S)N(NC(=O)c3ccc(C)cc3)C2=O)ccc1OCc1cc(C)c(C)cc1C. The number of aryl methyl sites for hydroxylation is 4. The van der Waals surface area contributed by atoms with Crippen LogP contribution in [0, 0.1) is 27.7 Å². The van der Waals surface area contributed by atoms with Crippen LogP contribution in [0.5, 0.6) is 11.5 Å². The zero-order valence-corrected chi connectivity index (χ0v) is 23.7. The molecular weight excluding hydrogens is 516 g/mol. The molecule has 0 aliphatic carbocycles. The van der Waals surface area contributed by atoms with E-state index in [-0.39, 0.29) is 10.2 Å². The lowest BCUT2D eigenvalue weighted by Gasteiger charge is -2.16. The predicted molar refractivity (Wildman–Crippen MR) is 156 cm³/mol. The molecule has 1 saturated heterocycles. The number of amides is 2. The minimum absolute atomic E-state index is 0.260. The first kappa shape index (κ1) is 27.4. The molecule has 0 atom stereocenters. The van der Waals surface area contributed by atoms with E-state index in [2.05, 4.69) is 38.3 Å². The van der Waals surface area contributed by atoms with Gasteiger partial charge in [0.15, 0.2) is 15.8 Å². The fourth-order valence-corrected chi connectivity index (χ4v) is 5.10. The third-order valence-electron chi connectivity index (χ3n) is 6.22. The molecule has 1 fully saturated rings. The number of hydrogen-bond acceptors (Lipinski definition) is 6. The second kappa shape index (κ2) is 11.8. The van der Waals surface area contributed by atoms with Crippen molar-refractivity contribution in [3.63, 3.8) is 0 Å². The van der Waals surface area contributed by atoms with Gasteiger partial charge in [0.05, 0.1) is 11.5 Å². The van der Waals surface area contributed by atoms with Crippen LogP contribution in [0.4, 0.5) is 0 Å². The van der Waals surface area contributed by atoms with Gasteiger partial charge in [-0.25, -0.2) is 0 Å². The molecule has 38 heavy (non-hydrogen) atoms. The van der Waals surface area contributed by atoms with Crippen LogP contribution in [0.25, 0.3) is 6.08 Å². The molecule has 0 unspecified atom stereocenters. The summed E-state index contributed by atoms with van der Waals surface area (Å²) in [5, 5.41) is 1.11. The maximum atomic E-state index is 13.0. The third-order valence-corrected chi connectivity index (χ3v) is 7.52. The molecule has 1 aliphatic heterocycles. The van der Waals surface area contributed by atoms with Crippen molar-refractivity contribution in [1.29, 1.82) is 0 Å². The first-order valence-corrected chi connectivity index (χ1v) is 13.5. The number of carbonyl (C=O) groups is 2. The molecule has 1 N–H and O–H groups in total. The Hall–Kier alpha value is -3.62. The first-order chi connectivity index (χ1) is 18.2. The molecule has 0 spiro atoms. The van der Waals surface area contributed by atoms with Crippen molar-refractivity contribution in [2.24, 2.45) is 0 Å². The van der Waals surface area contributed by atoms with E-state index in [0.29, 0.717) is 35.2 Å². The second-order valence-corrected chi connectivity index (χ2v) is 10.8. The van der Waals surface area contributed by atoms with Gasteiger partial charge in [0.2, 0.25) is 0 Å². The van der Waals surface area contributed by atoms with E-state index in [9.17, 15) is 9.59 Å². The van der Waals surface area contributed by atoms with Crippen molar-refractivity contribution in [3.8, 4) is 11.5 Å². The molecule has 4 rings (SSSR count). The number of thioether (sulfide) groups is 1. The van der Waals surface area contributed by atoms with Gasteiger partial charge in [0, 0.05) is 5.56 Å². The number of carbonyl (C=O) groups excluding carboxylic acids is 2. The highest BCUT2D eigenvalue weighted by Gasteiger charge is 2.33. The Morgan fingerprint density at radius 1 is 0.947 bits per heavy atom. The molecule has 2 amide bonds. The standard InChI is InChI=1S/C30H30N2O4S2/c1-6-35-26-15-22(9-12-25(26)36-17-24-14-20(4)19(3)13-21(24)5)16-27-29(34)32(30(37)38-27)31-28(33)23-10-7-18(2)8-11-23/h7-16H,6,17H2,1-5H3,(H,31,33)/b27-16+. The number of hydrogen-bond donors (Lipinski definition) is 1. The predicted octanol–water partition coefficient (Wildman–Crippen LogP) is 6.44. The van der Waals surface area contributed by atoms with Crippen molar-refractivity contribution in [2.75, 3.05) is 6.61 Å². The summed E-state index contributed by atoms with van der Waals surface area (Å²) in [6, 6.07) is 17.0. The van der Waals surface area contributed by atoms with E-state index >= 15 is 0 Å². The van der Waals surface area contributed by atoms with Crippen molar-refractivity contribution in [3.05, 3.63) is 98.4 Å². The first-order valence-electron chi connectivity index (χ1n) is 12.3. The Balaban J connectivity index is 1.49. The molecule has 1 aliphatic rings. The quantitative estimate of drug-likeness (QED) is 0.259. The monoisotopic (exact) mass is 546 g/mol. The van der Waals surface area contributed by atoms with Gasteiger partial charge in [-0.3, -0.25) is 15.0 Å². The highest BCUT2D eigenvalue weighted by molar-refractivity contribution is 8.26. The fraction of sp³-hybridized carbons (Fsp3) is 0.233. The number of benzene rings is 3. The number of nitrogens with one attached hydrogen (secondary N) is 1. The summed E-state index contributed by atoms with van der Waals surface area (Å²) in [7, 11) is 0. The average molecular weight is 547 g/mol. The van der Waals surface area contributed by atoms with E-state index in [1.165, 1.54) is 16.7 Å². The second-order valence-electron chi connectivity index (χ2n) is 9.11. The molecule has 3 aromatic carbocycles. The fourth-order valence-electron chi connectivity index (χ4n) is 3.92. The molecule has 6 nitrogen and oxygen atoms in total. The Morgan fingerprint density at radius 3 is 2.37 bits per heavy atom. The van der Waals surface area contributed by atoms with E-state index in [0.717, 1.165) is 33.5 Å². The summed E-state index contributed by atoms with van der Waals surface area (Å²) in [6.07, 6.45) is 1.73. The number of rotatable bonds is 8. The zero-order valence-electron chi connectivity index (χ0n) is 22.1. The highest BCUT2D eigenvalue weighted by atomic mass is 32.2. The van der Waals surface area contributed by atoms with E-state index in [1.807, 2.05) is 44.2 Å². The van der Waals surface area contributed by atoms with Gasteiger partial charge in [0.1, 0.15) is 6.61 Å². The molecule has 1 heterocycles. The normalized spacial score (nSPS) is 14.2. The van der Waals surface area contributed by atoms with Crippen molar-refractivity contribution in [2.45, 2.75) is 41.2 Å². The largest absolute Gasteiger partial charge is 0.490 e. The topological polar surface area (TPSA) is 67.9 Å². The van der Waals surface area contributed by atoms with Crippen LogP contribution >= 0.6 is 24.0 Å². The minimum atomic E-state index is -0.401. The molecule has 0 bridgehead atoms. The summed E-state index contributed by atoms with van der Waals surface area (Å²) in [5.74, 6) is 0.427. The maximum Gasteiger partial charge on any atom is 0.285 e. The lowest BCUT2D eigenvalue weighted by molar-refractivity contribution is -0.123. The molecule has 0 aromatic heterocycles. The highest BCUT2D eigenvalue weighted by Crippen LogP contribution is 2.35. The smallest absolute Gasteiger partial charge is 0.285 e. The minimum Gasteiger partial charge on any atom is -0.490 e. The Labute approximate surface area is 233 Å².